The van der Waals surface area contributed by atoms with Crippen LogP contribution in [0.4, 0.5) is 4.39 Å². The van der Waals surface area contributed by atoms with Gasteiger partial charge >= 0.3 is 0 Å². The van der Waals surface area contributed by atoms with Crippen molar-refractivity contribution in [2.75, 3.05) is 26.7 Å². The SMILES string of the molecule is COc1c(C)cc(F)c2c1[C@]1(CCC2)C[NH2+]C[C@H]1C(=O)N1CC[C@@H](c2ccccc2)C[C@H]1C1CCCCC1. The highest BCUT2D eigenvalue weighted by Gasteiger charge is 2.57. The fraction of sp³-hybridized carbons (Fsp3) is 0.606. The van der Waals surface area contributed by atoms with Crippen molar-refractivity contribution in [3.8, 4) is 5.75 Å². The van der Waals surface area contributed by atoms with Gasteiger partial charge in [0.1, 0.15) is 17.5 Å². The number of nitrogens with zero attached hydrogens (tertiary/aromatic N) is 1. The minimum Gasteiger partial charge on any atom is -0.496 e. The molecule has 1 saturated carbocycles. The quantitative estimate of drug-likeness (QED) is 0.599. The maximum absolute atomic E-state index is 15.3. The van der Waals surface area contributed by atoms with Crippen molar-refractivity contribution in [1.82, 2.24) is 4.90 Å². The smallest absolute Gasteiger partial charge is 0.232 e. The molecule has 0 aromatic heterocycles. The van der Waals surface area contributed by atoms with E-state index in [-0.39, 0.29) is 17.2 Å². The molecule has 2 N–H and O–H groups in total. The normalized spacial score (nSPS) is 29.9. The number of benzene rings is 2. The van der Waals surface area contributed by atoms with Crippen molar-refractivity contribution in [2.45, 2.75) is 88.5 Å². The Morgan fingerprint density at radius 1 is 1.11 bits per heavy atom. The number of fused-ring (bicyclic) bond motifs is 2. The first-order chi connectivity index (χ1) is 18.5. The maximum Gasteiger partial charge on any atom is 0.232 e. The van der Waals surface area contributed by atoms with Crippen LogP contribution in [0.2, 0.25) is 0 Å². The summed E-state index contributed by atoms with van der Waals surface area (Å²) in [5, 5.41) is 2.31. The largest absolute Gasteiger partial charge is 0.496 e. The molecular weight excluding hydrogens is 475 g/mol. The lowest BCUT2D eigenvalue weighted by molar-refractivity contribution is -0.640. The second-order valence-corrected chi connectivity index (χ2v) is 12.5. The van der Waals surface area contributed by atoms with Crippen LogP contribution < -0.4 is 10.1 Å². The average Bonchev–Trinajstić information content (AvgIpc) is 3.37. The second kappa shape index (κ2) is 10.6. The predicted molar refractivity (Wildman–Crippen MR) is 148 cm³/mol. The lowest BCUT2D eigenvalue weighted by atomic mass is 9.63. The molecule has 1 amide bonds. The van der Waals surface area contributed by atoms with Gasteiger partial charge in [0.25, 0.3) is 0 Å². The molecule has 2 aliphatic heterocycles. The first-order valence-corrected chi connectivity index (χ1v) is 15.1. The number of halogens is 1. The Balaban J connectivity index is 1.35. The number of rotatable bonds is 4. The molecule has 2 heterocycles. The van der Waals surface area contributed by atoms with Gasteiger partial charge in [0.15, 0.2) is 0 Å². The molecule has 2 aromatic rings. The summed E-state index contributed by atoms with van der Waals surface area (Å²) in [6.45, 7) is 4.39. The van der Waals surface area contributed by atoms with E-state index < -0.39 is 0 Å². The summed E-state index contributed by atoms with van der Waals surface area (Å²) in [5.74, 6) is 1.98. The number of hydrogen-bond donors (Lipinski definition) is 1. The first kappa shape index (κ1) is 25.9. The number of quaternary nitrogens is 1. The van der Waals surface area contributed by atoms with Crippen LogP contribution in [-0.2, 0) is 16.6 Å². The number of carbonyl (C=O) groups excluding carboxylic acids is 1. The number of ether oxygens (including phenoxy) is 1. The predicted octanol–water partition coefficient (Wildman–Crippen LogP) is 5.27. The van der Waals surface area contributed by atoms with E-state index in [0.29, 0.717) is 23.8 Å². The molecule has 3 fully saturated rings. The molecule has 0 unspecified atom stereocenters. The minimum absolute atomic E-state index is 0.126. The van der Waals surface area contributed by atoms with E-state index in [9.17, 15) is 4.79 Å². The molecule has 4 nitrogen and oxygen atoms in total. The standard InChI is InChI=1S/C33H43FN2O2/c1-22-18-28(34)26-14-9-16-33(30(26)31(22)38-2)21-35-20-27(33)32(37)36-17-15-25(23-10-5-3-6-11-23)19-29(36)24-12-7-4-8-13-24/h3,5-6,10-11,18,24-25,27,29,35H,4,7-9,12-17,19-21H2,1-2H3/p+1/t25-,27+,29+,33-/m1/s1. The van der Waals surface area contributed by atoms with Crippen molar-refractivity contribution >= 4 is 5.91 Å². The van der Waals surface area contributed by atoms with Crippen LogP contribution >= 0.6 is 0 Å². The van der Waals surface area contributed by atoms with Gasteiger partial charge in [-0.05, 0) is 86.5 Å². The van der Waals surface area contributed by atoms with Crippen molar-refractivity contribution in [3.63, 3.8) is 0 Å². The van der Waals surface area contributed by atoms with Crippen molar-refractivity contribution < 1.29 is 19.2 Å². The molecule has 1 spiro atoms. The Hall–Kier alpha value is -2.40. The van der Waals surface area contributed by atoms with Crippen LogP contribution in [0.15, 0.2) is 36.4 Å². The van der Waals surface area contributed by atoms with Gasteiger partial charge in [-0.1, -0.05) is 49.6 Å². The molecule has 0 radical (unpaired) electrons. The molecule has 2 saturated heterocycles. The zero-order valence-electron chi connectivity index (χ0n) is 23.2. The van der Waals surface area contributed by atoms with Crippen molar-refractivity contribution in [2.24, 2.45) is 11.8 Å². The van der Waals surface area contributed by atoms with Gasteiger partial charge in [-0.2, -0.15) is 0 Å². The molecule has 4 atom stereocenters. The van der Waals surface area contributed by atoms with Gasteiger partial charge in [-0.15, -0.1) is 0 Å². The Kier molecular flexibility index (Phi) is 7.24. The number of carbonyl (C=O) groups is 1. The lowest BCUT2D eigenvalue weighted by Crippen LogP contribution is -2.82. The third-order valence-corrected chi connectivity index (χ3v) is 10.5. The van der Waals surface area contributed by atoms with E-state index in [1.165, 1.54) is 37.7 Å². The number of hydrogen-bond acceptors (Lipinski definition) is 2. The number of likely N-dealkylation sites (tertiary alicyclic amines) is 1. The second-order valence-electron chi connectivity index (χ2n) is 12.5. The number of methoxy groups -OCH3 is 1. The fourth-order valence-electron chi connectivity index (χ4n) is 8.77. The molecule has 2 aromatic carbocycles. The van der Waals surface area contributed by atoms with E-state index in [1.807, 2.05) is 6.92 Å². The van der Waals surface area contributed by atoms with Crippen LogP contribution in [0.5, 0.6) is 5.75 Å². The highest BCUT2D eigenvalue weighted by Crippen LogP contribution is 2.50. The molecule has 0 bridgehead atoms. The van der Waals surface area contributed by atoms with E-state index >= 15 is 4.39 Å². The molecule has 5 heteroatoms. The molecule has 204 valence electrons. The maximum atomic E-state index is 15.3. The molecule has 4 aliphatic rings. The summed E-state index contributed by atoms with van der Waals surface area (Å²) in [6.07, 6.45) is 11.0. The fourth-order valence-corrected chi connectivity index (χ4v) is 8.77. The summed E-state index contributed by atoms with van der Waals surface area (Å²) < 4.78 is 21.2. The summed E-state index contributed by atoms with van der Waals surface area (Å²) in [6, 6.07) is 12.9. The van der Waals surface area contributed by atoms with Gasteiger partial charge in [0, 0.05) is 18.2 Å². The van der Waals surface area contributed by atoms with E-state index in [2.05, 4.69) is 40.5 Å². The number of amides is 1. The monoisotopic (exact) mass is 519 g/mol. The Bertz CT molecular complexity index is 1140. The van der Waals surface area contributed by atoms with E-state index in [4.69, 9.17) is 4.74 Å². The summed E-state index contributed by atoms with van der Waals surface area (Å²) >= 11 is 0. The van der Waals surface area contributed by atoms with Crippen LogP contribution in [0.25, 0.3) is 0 Å². The zero-order valence-corrected chi connectivity index (χ0v) is 23.2. The summed E-state index contributed by atoms with van der Waals surface area (Å²) in [7, 11) is 1.70. The summed E-state index contributed by atoms with van der Waals surface area (Å²) in [4.78, 5) is 17.0. The van der Waals surface area contributed by atoms with Gasteiger partial charge in [0.2, 0.25) is 5.91 Å². The van der Waals surface area contributed by atoms with Crippen molar-refractivity contribution in [1.29, 1.82) is 0 Å². The number of piperidine rings is 1. The van der Waals surface area contributed by atoms with Gasteiger partial charge < -0.3 is 15.0 Å². The molecule has 2 aliphatic carbocycles. The zero-order chi connectivity index (χ0) is 26.3. The Labute approximate surface area is 227 Å². The van der Waals surface area contributed by atoms with Crippen LogP contribution in [-0.4, -0.2) is 43.6 Å². The topological polar surface area (TPSA) is 46.1 Å². The molecule has 38 heavy (non-hydrogen) atoms. The van der Waals surface area contributed by atoms with Crippen LogP contribution in [0.1, 0.15) is 86.0 Å². The third kappa shape index (κ3) is 4.35. The van der Waals surface area contributed by atoms with Crippen LogP contribution in [0.3, 0.4) is 0 Å². The number of aryl methyl sites for hydroxylation is 1. The third-order valence-electron chi connectivity index (χ3n) is 10.5. The summed E-state index contributed by atoms with van der Waals surface area (Å²) in [5.41, 5.74) is 3.70. The van der Waals surface area contributed by atoms with E-state index in [1.54, 1.807) is 13.2 Å². The van der Waals surface area contributed by atoms with E-state index in [0.717, 1.165) is 74.2 Å². The highest BCUT2D eigenvalue weighted by atomic mass is 19.1. The lowest BCUT2D eigenvalue weighted by Gasteiger charge is -2.47. The highest BCUT2D eigenvalue weighted by molar-refractivity contribution is 5.82. The molecular formula is C33H44FN2O2+. The number of nitrogens with two attached hydrogens (primary N) is 1. The van der Waals surface area contributed by atoms with Gasteiger partial charge in [-0.25, -0.2) is 4.39 Å². The van der Waals surface area contributed by atoms with Crippen molar-refractivity contribution in [3.05, 3.63) is 64.5 Å². The average molecular weight is 520 g/mol. The van der Waals surface area contributed by atoms with Gasteiger partial charge in [0.05, 0.1) is 25.6 Å². The molecule has 6 rings (SSSR count). The van der Waals surface area contributed by atoms with Crippen LogP contribution in [0, 0.1) is 24.6 Å². The van der Waals surface area contributed by atoms with Gasteiger partial charge in [-0.3, -0.25) is 4.79 Å². The Morgan fingerprint density at radius 2 is 1.89 bits per heavy atom. The minimum atomic E-state index is -0.351. The first-order valence-electron chi connectivity index (χ1n) is 15.1. The Morgan fingerprint density at radius 3 is 2.66 bits per heavy atom.